The molecule has 1 heterocycles. The highest BCUT2D eigenvalue weighted by molar-refractivity contribution is 7.09. The molecular formula is C13H20N2O2S. The number of hydrogen-bond acceptors (Lipinski definition) is 4. The monoisotopic (exact) mass is 268 g/mol. The van der Waals surface area contributed by atoms with Crippen molar-refractivity contribution in [2.75, 3.05) is 14.1 Å². The number of aliphatic hydroxyl groups excluding tert-OH is 1. The van der Waals surface area contributed by atoms with E-state index in [2.05, 4.69) is 4.98 Å². The first-order valence-corrected chi connectivity index (χ1v) is 6.68. The summed E-state index contributed by atoms with van der Waals surface area (Å²) in [6, 6.07) is 0. The number of carbonyl (C=O) groups excluding carboxylic acids is 1. The van der Waals surface area contributed by atoms with Crippen molar-refractivity contribution in [2.45, 2.75) is 26.4 Å². The summed E-state index contributed by atoms with van der Waals surface area (Å²) in [5, 5.41) is 12.8. The smallest absolute Gasteiger partial charge is 0.225 e. The van der Waals surface area contributed by atoms with Crippen LogP contribution in [0.4, 0.5) is 0 Å². The van der Waals surface area contributed by atoms with E-state index in [0.717, 1.165) is 0 Å². The fourth-order valence-corrected chi connectivity index (χ4v) is 2.24. The predicted octanol–water partition coefficient (Wildman–Crippen LogP) is 2.24. The highest BCUT2D eigenvalue weighted by atomic mass is 32.1. The van der Waals surface area contributed by atoms with E-state index in [1.54, 1.807) is 31.3 Å². The molecule has 100 valence electrons. The number of nitrogens with zero attached hydrogens (tertiary/aromatic N) is 2. The van der Waals surface area contributed by atoms with Crippen LogP contribution in [-0.2, 0) is 4.79 Å². The van der Waals surface area contributed by atoms with E-state index in [4.69, 9.17) is 0 Å². The van der Waals surface area contributed by atoms with Crippen molar-refractivity contribution >= 4 is 17.2 Å². The van der Waals surface area contributed by atoms with Crippen LogP contribution in [0, 0.1) is 5.41 Å². The van der Waals surface area contributed by atoms with Gasteiger partial charge in [0.25, 0.3) is 0 Å². The fourth-order valence-electron chi connectivity index (χ4n) is 1.42. The van der Waals surface area contributed by atoms with Crippen LogP contribution < -0.4 is 0 Å². The molecule has 0 fully saturated rings. The van der Waals surface area contributed by atoms with Crippen LogP contribution in [0.15, 0.2) is 23.7 Å². The van der Waals surface area contributed by atoms with Gasteiger partial charge in [-0.3, -0.25) is 4.79 Å². The van der Waals surface area contributed by atoms with Gasteiger partial charge in [-0.1, -0.05) is 26.0 Å². The molecule has 1 N–H and O–H groups in total. The predicted molar refractivity (Wildman–Crippen MR) is 73.3 cm³/mol. The molecule has 1 aromatic rings. The molecule has 0 aliphatic heterocycles. The van der Waals surface area contributed by atoms with E-state index in [-0.39, 0.29) is 5.91 Å². The molecule has 4 nitrogen and oxygen atoms in total. The van der Waals surface area contributed by atoms with Crippen molar-refractivity contribution in [2.24, 2.45) is 5.41 Å². The van der Waals surface area contributed by atoms with Crippen LogP contribution in [0.1, 0.15) is 31.4 Å². The van der Waals surface area contributed by atoms with Crippen molar-refractivity contribution in [1.29, 1.82) is 0 Å². The summed E-state index contributed by atoms with van der Waals surface area (Å²) in [7, 11) is 3.46. The van der Waals surface area contributed by atoms with Gasteiger partial charge in [0.2, 0.25) is 5.91 Å². The molecule has 1 atom stereocenters. The third-order valence-corrected chi connectivity index (χ3v) is 3.56. The number of rotatable bonds is 5. The highest BCUT2D eigenvalue weighted by Crippen LogP contribution is 2.35. The molecule has 1 unspecified atom stereocenters. The van der Waals surface area contributed by atoms with Crippen molar-refractivity contribution in [1.82, 2.24) is 9.88 Å². The summed E-state index contributed by atoms with van der Waals surface area (Å²) in [4.78, 5) is 17.1. The Morgan fingerprint density at radius 2 is 2.28 bits per heavy atom. The standard InChI is InChI=1S/C13H20N2O2S/c1-13(2,7-5-6-10(16)15(3)4)11(17)12-14-8-9-18-12/h5,7-9,11,17H,6H2,1-4H3/b7-5+. The molecule has 0 aliphatic carbocycles. The molecule has 0 saturated carbocycles. The zero-order chi connectivity index (χ0) is 13.8. The minimum atomic E-state index is -0.650. The van der Waals surface area contributed by atoms with E-state index in [0.29, 0.717) is 11.4 Å². The SMILES string of the molecule is CN(C)C(=O)C/C=C/C(C)(C)C(O)c1nccs1. The maximum absolute atomic E-state index is 11.4. The summed E-state index contributed by atoms with van der Waals surface area (Å²) >= 11 is 1.43. The number of thiazole rings is 1. The Kier molecular flexibility index (Phi) is 5.04. The summed E-state index contributed by atoms with van der Waals surface area (Å²) in [5.74, 6) is 0.0470. The minimum Gasteiger partial charge on any atom is -0.385 e. The fraction of sp³-hybridized carbons (Fsp3) is 0.538. The highest BCUT2D eigenvalue weighted by Gasteiger charge is 2.28. The van der Waals surface area contributed by atoms with Gasteiger partial charge in [0.1, 0.15) is 11.1 Å². The second-order valence-electron chi connectivity index (χ2n) is 4.99. The Hall–Kier alpha value is -1.20. The molecule has 5 heteroatoms. The van der Waals surface area contributed by atoms with Crippen LogP contribution in [0.25, 0.3) is 0 Å². The van der Waals surface area contributed by atoms with Gasteiger partial charge in [0.05, 0.1) is 0 Å². The Morgan fingerprint density at radius 3 is 2.78 bits per heavy atom. The van der Waals surface area contributed by atoms with Gasteiger partial charge in [-0.2, -0.15) is 0 Å². The molecule has 1 aromatic heterocycles. The van der Waals surface area contributed by atoms with Gasteiger partial charge in [-0.15, -0.1) is 11.3 Å². The average Bonchev–Trinajstić information content (AvgIpc) is 2.80. The van der Waals surface area contributed by atoms with Crippen molar-refractivity contribution in [3.05, 3.63) is 28.7 Å². The third kappa shape index (κ3) is 3.92. The Bertz CT molecular complexity index is 411. The second kappa shape index (κ2) is 6.11. The molecule has 0 bridgehead atoms. The van der Waals surface area contributed by atoms with Crippen LogP contribution in [0.3, 0.4) is 0 Å². The summed E-state index contributed by atoms with van der Waals surface area (Å²) in [6.45, 7) is 3.85. The van der Waals surface area contributed by atoms with E-state index in [1.807, 2.05) is 25.3 Å². The van der Waals surface area contributed by atoms with Gasteiger partial charge in [-0.05, 0) is 0 Å². The van der Waals surface area contributed by atoms with Crippen LogP contribution in [-0.4, -0.2) is 35.0 Å². The molecular weight excluding hydrogens is 248 g/mol. The molecule has 1 amide bonds. The summed E-state index contributed by atoms with van der Waals surface area (Å²) < 4.78 is 0. The lowest BCUT2D eigenvalue weighted by Crippen LogP contribution is -2.22. The van der Waals surface area contributed by atoms with E-state index >= 15 is 0 Å². The molecule has 0 aromatic carbocycles. The lowest BCUT2D eigenvalue weighted by atomic mass is 9.86. The van der Waals surface area contributed by atoms with E-state index < -0.39 is 11.5 Å². The first-order valence-electron chi connectivity index (χ1n) is 5.80. The summed E-state index contributed by atoms with van der Waals surface area (Å²) in [6.07, 6.45) is 5.06. The van der Waals surface area contributed by atoms with Gasteiger partial charge in [-0.25, -0.2) is 4.98 Å². The zero-order valence-corrected chi connectivity index (χ0v) is 12.1. The molecule has 1 rings (SSSR count). The number of hydrogen-bond donors (Lipinski definition) is 1. The van der Waals surface area contributed by atoms with Crippen molar-refractivity contribution in [3.63, 3.8) is 0 Å². The topological polar surface area (TPSA) is 53.4 Å². The largest absolute Gasteiger partial charge is 0.385 e. The van der Waals surface area contributed by atoms with Gasteiger partial charge < -0.3 is 10.0 Å². The minimum absolute atomic E-state index is 0.0470. The Labute approximate surface area is 112 Å². The Balaban J connectivity index is 2.64. The van der Waals surface area contributed by atoms with Crippen molar-refractivity contribution in [3.8, 4) is 0 Å². The third-order valence-electron chi connectivity index (χ3n) is 2.73. The van der Waals surface area contributed by atoms with Gasteiger partial charge >= 0.3 is 0 Å². The second-order valence-corrected chi connectivity index (χ2v) is 5.92. The maximum Gasteiger partial charge on any atom is 0.225 e. The number of aliphatic hydroxyl groups is 1. The van der Waals surface area contributed by atoms with Crippen LogP contribution in [0.5, 0.6) is 0 Å². The average molecular weight is 268 g/mol. The van der Waals surface area contributed by atoms with Gasteiger partial charge in [0.15, 0.2) is 0 Å². The number of amides is 1. The quantitative estimate of drug-likeness (QED) is 0.833. The van der Waals surface area contributed by atoms with Crippen molar-refractivity contribution < 1.29 is 9.90 Å². The summed E-state index contributed by atoms with van der Waals surface area (Å²) in [5.41, 5.74) is -0.440. The maximum atomic E-state index is 11.4. The normalized spacial score (nSPS) is 13.8. The van der Waals surface area contributed by atoms with Gasteiger partial charge in [0, 0.05) is 37.5 Å². The Morgan fingerprint density at radius 1 is 1.61 bits per heavy atom. The lowest BCUT2D eigenvalue weighted by molar-refractivity contribution is -0.127. The van der Waals surface area contributed by atoms with Crippen LogP contribution in [0.2, 0.25) is 0 Å². The van der Waals surface area contributed by atoms with E-state index in [9.17, 15) is 9.90 Å². The molecule has 0 spiro atoms. The van der Waals surface area contributed by atoms with Crippen LogP contribution >= 0.6 is 11.3 Å². The number of carbonyl (C=O) groups is 1. The molecule has 18 heavy (non-hydrogen) atoms. The number of aromatic nitrogens is 1. The zero-order valence-electron chi connectivity index (χ0n) is 11.3. The van der Waals surface area contributed by atoms with E-state index in [1.165, 1.54) is 11.3 Å². The first-order chi connectivity index (χ1) is 8.34. The molecule has 0 saturated heterocycles. The lowest BCUT2D eigenvalue weighted by Gasteiger charge is -2.25. The molecule has 0 aliphatic rings. The first kappa shape index (κ1) is 14.9. The molecule has 0 radical (unpaired) electrons.